The SMILES string of the molecule is COc1ccc(NC(=O)N2Cc3c(sc4c3CCCC4)-n3cccc3C2c2ccc(SC)cc2)cc1. The monoisotopic (exact) mass is 515 g/mol. The lowest BCUT2D eigenvalue weighted by atomic mass is 9.95. The van der Waals surface area contributed by atoms with Crippen molar-refractivity contribution in [2.45, 2.75) is 43.2 Å². The van der Waals surface area contributed by atoms with Gasteiger partial charge in [-0.2, -0.15) is 0 Å². The van der Waals surface area contributed by atoms with E-state index in [0.29, 0.717) is 6.54 Å². The fourth-order valence-electron chi connectivity index (χ4n) is 5.39. The molecule has 7 heteroatoms. The fraction of sp³-hybridized carbons (Fsp3) is 0.276. The van der Waals surface area contributed by atoms with Gasteiger partial charge in [0.25, 0.3) is 0 Å². The molecule has 1 atom stereocenters. The molecule has 0 bridgehead atoms. The van der Waals surface area contributed by atoms with Gasteiger partial charge >= 0.3 is 6.03 Å². The Bertz CT molecular complexity index is 1390. The van der Waals surface area contributed by atoms with E-state index in [4.69, 9.17) is 4.74 Å². The van der Waals surface area contributed by atoms with Crippen LogP contribution >= 0.6 is 23.1 Å². The first kappa shape index (κ1) is 23.3. The molecule has 2 aromatic heterocycles. The highest BCUT2D eigenvalue weighted by atomic mass is 32.2. The van der Waals surface area contributed by atoms with Crippen LogP contribution in [0.5, 0.6) is 5.75 Å². The normalized spacial score (nSPS) is 16.5. The topological polar surface area (TPSA) is 46.5 Å². The Morgan fingerprint density at radius 2 is 1.81 bits per heavy atom. The summed E-state index contributed by atoms with van der Waals surface area (Å²) >= 11 is 3.64. The number of methoxy groups -OCH3 is 1. The van der Waals surface area contributed by atoms with Crippen LogP contribution in [0.15, 0.2) is 71.8 Å². The smallest absolute Gasteiger partial charge is 0.322 e. The summed E-state index contributed by atoms with van der Waals surface area (Å²) in [5.74, 6) is 0.766. The molecule has 184 valence electrons. The summed E-state index contributed by atoms with van der Waals surface area (Å²) < 4.78 is 7.61. The lowest BCUT2D eigenvalue weighted by molar-refractivity contribution is 0.194. The number of hydrogen-bond donors (Lipinski definition) is 1. The molecule has 36 heavy (non-hydrogen) atoms. The molecular formula is C29H29N3O2S2. The summed E-state index contributed by atoms with van der Waals surface area (Å²) in [6, 6.07) is 20.1. The van der Waals surface area contributed by atoms with Crippen molar-refractivity contribution in [2.24, 2.45) is 0 Å². The summed E-state index contributed by atoms with van der Waals surface area (Å²) in [6.07, 6.45) is 8.94. The van der Waals surface area contributed by atoms with Gasteiger partial charge in [-0.1, -0.05) is 12.1 Å². The number of nitrogens with one attached hydrogen (secondary N) is 1. The number of carbonyl (C=O) groups is 1. The van der Waals surface area contributed by atoms with Crippen LogP contribution in [0, 0.1) is 0 Å². The molecule has 5 nitrogen and oxygen atoms in total. The number of carbonyl (C=O) groups excluding carboxylic acids is 1. The number of fused-ring (bicyclic) bond motifs is 5. The van der Waals surface area contributed by atoms with Crippen LogP contribution in [-0.2, 0) is 19.4 Å². The molecule has 6 rings (SSSR count). The molecule has 0 saturated carbocycles. The zero-order valence-electron chi connectivity index (χ0n) is 20.5. The molecule has 4 aromatic rings. The molecule has 0 fully saturated rings. The molecule has 0 saturated heterocycles. The predicted molar refractivity (Wildman–Crippen MR) is 148 cm³/mol. The fourth-order valence-corrected chi connectivity index (χ4v) is 7.21. The van der Waals surface area contributed by atoms with E-state index in [1.807, 2.05) is 40.5 Å². The predicted octanol–water partition coefficient (Wildman–Crippen LogP) is 7.29. The third-order valence-electron chi connectivity index (χ3n) is 7.21. The van der Waals surface area contributed by atoms with Gasteiger partial charge in [-0.05, 0) is 91.6 Å². The zero-order chi connectivity index (χ0) is 24.6. The van der Waals surface area contributed by atoms with Crippen molar-refractivity contribution < 1.29 is 9.53 Å². The number of nitrogens with zero attached hydrogens (tertiary/aromatic N) is 2. The maximum Gasteiger partial charge on any atom is 0.322 e. The van der Waals surface area contributed by atoms with Crippen LogP contribution in [0.4, 0.5) is 10.5 Å². The number of thioether (sulfide) groups is 1. The van der Waals surface area contributed by atoms with E-state index < -0.39 is 0 Å². The minimum atomic E-state index is -0.201. The number of amides is 2. The van der Waals surface area contributed by atoms with Crippen molar-refractivity contribution in [3.8, 4) is 10.8 Å². The number of anilines is 1. The molecule has 0 radical (unpaired) electrons. The van der Waals surface area contributed by atoms with Gasteiger partial charge in [-0.15, -0.1) is 23.1 Å². The largest absolute Gasteiger partial charge is 0.497 e. The Hall–Kier alpha value is -3.16. The van der Waals surface area contributed by atoms with E-state index in [9.17, 15) is 4.79 Å². The average Bonchev–Trinajstić information content (AvgIpc) is 3.51. The summed E-state index contributed by atoms with van der Waals surface area (Å²) in [4.78, 5) is 18.7. The van der Waals surface area contributed by atoms with Crippen molar-refractivity contribution in [3.63, 3.8) is 0 Å². The van der Waals surface area contributed by atoms with E-state index in [1.54, 1.807) is 18.9 Å². The first-order valence-corrected chi connectivity index (χ1v) is 14.4. The van der Waals surface area contributed by atoms with Crippen LogP contribution in [0.25, 0.3) is 5.00 Å². The van der Waals surface area contributed by atoms with Gasteiger partial charge in [0.05, 0.1) is 25.4 Å². The van der Waals surface area contributed by atoms with E-state index in [1.165, 1.54) is 38.7 Å². The highest BCUT2D eigenvalue weighted by molar-refractivity contribution is 7.98. The van der Waals surface area contributed by atoms with Crippen LogP contribution < -0.4 is 10.1 Å². The van der Waals surface area contributed by atoms with Crippen molar-refractivity contribution in [1.82, 2.24) is 9.47 Å². The number of benzene rings is 2. The number of ether oxygens (including phenoxy) is 1. The number of aromatic nitrogens is 1. The molecular weight excluding hydrogens is 486 g/mol. The summed E-state index contributed by atoms with van der Waals surface area (Å²) in [7, 11) is 1.64. The quantitative estimate of drug-likeness (QED) is 0.290. The molecule has 1 aliphatic heterocycles. The molecule has 1 aliphatic carbocycles. The second kappa shape index (κ2) is 9.71. The van der Waals surface area contributed by atoms with Gasteiger partial charge in [-0.25, -0.2) is 4.79 Å². The Labute approximate surface area is 220 Å². The van der Waals surface area contributed by atoms with Crippen LogP contribution in [0.3, 0.4) is 0 Å². The minimum absolute atomic E-state index is 0.101. The highest BCUT2D eigenvalue weighted by Gasteiger charge is 2.36. The lowest BCUT2D eigenvalue weighted by Crippen LogP contribution is -2.38. The number of hydrogen-bond acceptors (Lipinski definition) is 4. The Morgan fingerprint density at radius 3 is 2.56 bits per heavy atom. The Morgan fingerprint density at radius 1 is 1.03 bits per heavy atom. The summed E-state index contributed by atoms with van der Waals surface area (Å²) in [5.41, 5.74) is 5.75. The second-order valence-corrected chi connectivity index (χ2v) is 11.2. The molecule has 2 amide bonds. The maximum atomic E-state index is 14.0. The standard InChI is InChI=1S/C29H29N3O2S2/c1-34-21-13-11-20(12-14-21)30-29(33)32-18-24-23-6-3-4-8-26(23)36-28(24)31-17-5-7-25(31)27(32)19-9-15-22(35-2)16-10-19/h5,7,9-17,27H,3-4,6,8,18H2,1-2H3,(H,30,33). The van der Waals surface area contributed by atoms with Crippen molar-refractivity contribution in [3.05, 3.63) is 94.1 Å². The Kier molecular flexibility index (Phi) is 6.27. The molecule has 0 spiro atoms. The molecule has 3 heterocycles. The summed E-state index contributed by atoms with van der Waals surface area (Å²) in [5, 5.41) is 4.43. The van der Waals surface area contributed by atoms with Gasteiger partial charge in [0.15, 0.2) is 0 Å². The molecule has 1 unspecified atom stereocenters. The van der Waals surface area contributed by atoms with Gasteiger partial charge < -0.3 is 19.5 Å². The van der Waals surface area contributed by atoms with Crippen LogP contribution in [0.2, 0.25) is 0 Å². The van der Waals surface area contributed by atoms with E-state index in [0.717, 1.165) is 35.5 Å². The number of aryl methyl sites for hydroxylation is 1. The number of thiophene rings is 1. The van der Waals surface area contributed by atoms with Crippen LogP contribution in [-0.4, -0.2) is 28.9 Å². The Balaban J connectivity index is 1.46. The van der Waals surface area contributed by atoms with Crippen molar-refractivity contribution in [1.29, 1.82) is 0 Å². The molecule has 1 N–H and O–H groups in total. The maximum absolute atomic E-state index is 14.0. The van der Waals surface area contributed by atoms with E-state index in [2.05, 4.69) is 58.7 Å². The minimum Gasteiger partial charge on any atom is -0.497 e. The first-order valence-electron chi connectivity index (χ1n) is 12.3. The second-order valence-electron chi connectivity index (χ2n) is 9.26. The zero-order valence-corrected chi connectivity index (χ0v) is 22.1. The van der Waals surface area contributed by atoms with Crippen molar-refractivity contribution >= 4 is 34.8 Å². The molecule has 2 aromatic carbocycles. The molecule has 2 aliphatic rings. The average molecular weight is 516 g/mol. The van der Waals surface area contributed by atoms with Gasteiger partial charge in [-0.3, -0.25) is 0 Å². The van der Waals surface area contributed by atoms with Gasteiger partial charge in [0, 0.05) is 27.2 Å². The van der Waals surface area contributed by atoms with Gasteiger partial charge in [0.1, 0.15) is 10.8 Å². The van der Waals surface area contributed by atoms with E-state index >= 15 is 0 Å². The third-order valence-corrected chi connectivity index (χ3v) is 9.29. The third kappa shape index (κ3) is 4.10. The van der Waals surface area contributed by atoms with E-state index in [-0.39, 0.29) is 12.1 Å². The van der Waals surface area contributed by atoms with Gasteiger partial charge in [0.2, 0.25) is 0 Å². The lowest BCUT2D eigenvalue weighted by Gasteiger charge is -2.31. The van der Waals surface area contributed by atoms with Crippen LogP contribution in [0.1, 0.15) is 46.1 Å². The first-order chi connectivity index (χ1) is 17.7. The summed E-state index contributed by atoms with van der Waals surface area (Å²) in [6.45, 7) is 0.583. The number of rotatable bonds is 4. The van der Waals surface area contributed by atoms with Crippen molar-refractivity contribution in [2.75, 3.05) is 18.7 Å². The number of urea groups is 1. The highest BCUT2D eigenvalue weighted by Crippen LogP contribution is 2.44.